The minimum atomic E-state index is 0.0400. The lowest BCUT2D eigenvalue weighted by Crippen LogP contribution is -2.29. The van der Waals surface area contributed by atoms with Crippen LogP contribution in [0.3, 0.4) is 0 Å². The number of amides is 1. The molecule has 18 heavy (non-hydrogen) atoms. The summed E-state index contributed by atoms with van der Waals surface area (Å²) in [5, 5.41) is 6.11. The van der Waals surface area contributed by atoms with E-state index >= 15 is 0 Å². The van der Waals surface area contributed by atoms with E-state index in [0.29, 0.717) is 18.5 Å². The zero-order valence-corrected chi connectivity index (χ0v) is 11.2. The van der Waals surface area contributed by atoms with Crippen LogP contribution in [-0.2, 0) is 4.79 Å². The highest BCUT2D eigenvalue weighted by molar-refractivity contribution is 5.92. The smallest absolute Gasteiger partial charge is 0.238 e. The van der Waals surface area contributed by atoms with Crippen molar-refractivity contribution in [2.75, 3.05) is 11.9 Å². The number of rotatable bonds is 6. The highest BCUT2D eigenvalue weighted by atomic mass is 16.1. The fourth-order valence-corrected chi connectivity index (χ4v) is 1.86. The van der Waals surface area contributed by atoms with Crippen molar-refractivity contribution in [3.8, 4) is 0 Å². The fourth-order valence-electron chi connectivity index (χ4n) is 1.86. The molecule has 2 N–H and O–H groups in total. The second-order valence-corrected chi connectivity index (χ2v) is 5.13. The van der Waals surface area contributed by atoms with Gasteiger partial charge in [-0.2, -0.15) is 0 Å². The molecule has 98 valence electrons. The summed E-state index contributed by atoms with van der Waals surface area (Å²) in [7, 11) is 0. The number of anilines is 1. The summed E-state index contributed by atoms with van der Waals surface area (Å²) in [6, 6.07) is 8.73. The molecule has 1 aromatic carbocycles. The molecule has 0 aromatic heterocycles. The molecule has 1 amide bonds. The Morgan fingerprint density at radius 1 is 1.33 bits per heavy atom. The Morgan fingerprint density at radius 3 is 2.56 bits per heavy atom. The van der Waals surface area contributed by atoms with E-state index in [4.69, 9.17) is 0 Å². The lowest BCUT2D eigenvalue weighted by atomic mass is 9.99. The van der Waals surface area contributed by atoms with E-state index in [2.05, 4.69) is 36.6 Å². The van der Waals surface area contributed by atoms with Gasteiger partial charge in [0.1, 0.15) is 0 Å². The maximum Gasteiger partial charge on any atom is 0.238 e. The molecule has 1 atom stereocenters. The minimum absolute atomic E-state index is 0.0400. The van der Waals surface area contributed by atoms with Gasteiger partial charge in [-0.1, -0.05) is 26.0 Å². The van der Waals surface area contributed by atoms with Crippen LogP contribution in [0, 0.1) is 0 Å². The molecule has 2 rings (SSSR count). The predicted molar refractivity (Wildman–Crippen MR) is 74.8 cm³/mol. The molecule has 1 saturated carbocycles. The van der Waals surface area contributed by atoms with Crippen molar-refractivity contribution in [1.82, 2.24) is 5.32 Å². The summed E-state index contributed by atoms with van der Waals surface area (Å²) in [4.78, 5) is 11.6. The first-order chi connectivity index (χ1) is 8.69. The van der Waals surface area contributed by atoms with Gasteiger partial charge < -0.3 is 10.6 Å². The molecular weight excluding hydrogens is 224 g/mol. The van der Waals surface area contributed by atoms with Crippen LogP contribution in [0.25, 0.3) is 0 Å². The van der Waals surface area contributed by atoms with E-state index in [0.717, 1.165) is 12.1 Å². The Hall–Kier alpha value is -1.35. The highest BCUT2D eigenvalue weighted by Gasteiger charge is 2.21. The highest BCUT2D eigenvalue weighted by Crippen LogP contribution is 2.20. The van der Waals surface area contributed by atoms with E-state index in [9.17, 15) is 4.79 Å². The Bertz CT molecular complexity index is 395. The molecule has 0 aliphatic heterocycles. The SMILES string of the molecule is CCC(C)c1ccc(NC(=O)CNC2CC2)cc1. The van der Waals surface area contributed by atoms with Gasteiger partial charge in [0.25, 0.3) is 0 Å². The van der Waals surface area contributed by atoms with E-state index in [1.54, 1.807) is 0 Å². The number of hydrogen-bond acceptors (Lipinski definition) is 2. The summed E-state index contributed by atoms with van der Waals surface area (Å²) in [5.41, 5.74) is 2.20. The summed E-state index contributed by atoms with van der Waals surface area (Å²) in [6.07, 6.45) is 3.55. The number of carbonyl (C=O) groups excluding carboxylic acids is 1. The van der Waals surface area contributed by atoms with Gasteiger partial charge >= 0.3 is 0 Å². The maximum atomic E-state index is 11.6. The summed E-state index contributed by atoms with van der Waals surface area (Å²) in [5.74, 6) is 0.615. The minimum Gasteiger partial charge on any atom is -0.325 e. The van der Waals surface area contributed by atoms with Crippen LogP contribution in [0.1, 0.15) is 44.6 Å². The standard InChI is InChI=1S/C15H22N2O/c1-3-11(2)12-4-6-14(7-5-12)17-15(18)10-16-13-8-9-13/h4-7,11,13,16H,3,8-10H2,1-2H3,(H,17,18). The van der Waals surface area contributed by atoms with Crippen LogP contribution < -0.4 is 10.6 Å². The molecule has 0 heterocycles. The third-order valence-corrected chi connectivity index (χ3v) is 3.50. The van der Waals surface area contributed by atoms with Crippen LogP contribution >= 0.6 is 0 Å². The van der Waals surface area contributed by atoms with E-state index < -0.39 is 0 Å². The van der Waals surface area contributed by atoms with Gasteiger partial charge in [-0.25, -0.2) is 0 Å². The average Bonchev–Trinajstić information content (AvgIpc) is 3.20. The summed E-state index contributed by atoms with van der Waals surface area (Å²) < 4.78 is 0. The first kappa shape index (κ1) is 13.1. The summed E-state index contributed by atoms with van der Waals surface area (Å²) in [6.45, 7) is 4.81. The van der Waals surface area contributed by atoms with Crippen LogP contribution in [0.5, 0.6) is 0 Å². The first-order valence-corrected chi connectivity index (χ1v) is 6.82. The topological polar surface area (TPSA) is 41.1 Å². The van der Waals surface area contributed by atoms with E-state index in [1.807, 2.05) is 12.1 Å². The van der Waals surface area contributed by atoms with Gasteiger partial charge in [-0.3, -0.25) is 4.79 Å². The molecule has 1 aromatic rings. The molecule has 0 spiro atoms. The Labute approximate surface area is 109 Å². The molecule has 0 saturated heterocycles. The van der Waals surface area contributed by atoms with Crippen molar-refractivity contribution in [2.24, 2.45) is 0 Å². The van der Waals surface area contributed by atoms with Gasteiger partial charge in [0.05, 0.1) is 6.54 Å². The Kier molecular flexibility index (Phi) is 4.37. The third kappa shape index (κ3) is 3.84. The first-order valence-electron chi connectivity index (χ1n) is 6.82. The zero-order valence-electron chi connectivity index (χ0n) is 11.2. The lowest BCUT2D eigenvalue weighted by molar-refractivity contribution is -0.115. The Morgan fingerprint density at radius 2 is 2.00 bits per heavy atom. The van der Waals surface area contributed by atoms with Crippen LogP contribution in [-0.4, -0.2) is 18.5 Å². The second kappa shape index (κ2) is 6.01. The lowest BCUT2D eigenvalue weighted by Gasteiger charge is -2.10. The molecule has 3 nitrogen and oxygen atoms in total. The van der Waals surface area contributed by atoms with E-state index in [1.165, 1.54) is 18.4 Å². The fraction of sp³-hybridized carbons (Fsp3) is 0.533. The van der Waals surface area contributed by atoms with Gasteiger partial charge in [0.15, 0.2) is 0 Å². The molecule has 1 fully saturated rings. The Balaban J connectivity index is 1.82. The number of nitrogens with one attached hydrogen (secondary N) is 2. The van der Waals surface area contributed by atoms with Crippen molar-refractivity contribution in [2.45, 2.75) is 45.1 Å². The second-order valence-electron chi connectivity index (χ2n) is 5.13. The zero-order chi connectivity index (χ0) is 13.0. The molecule has 1 aliphatic rings. The average molecular weight is 246 g/mol. The van der Waals surface area contributed by atoms with Crippen molar-refractivity contribution < 1.29 is 4.79 Å². The predicted octanol–water partition coefficient (Wildman–Crippen LogP) is 2.89. The molecule has 0 radical (unpaired) electrons. The number of benzene rings is 1. The quantitative estimate of drug-likeness (QED) is 0.810. The normalized spacial score (nSPS) is 16.3. The van der Waals surface area contributed by atoms with Gasteiger partial charge in [-0.05, 0) is 42.9 Å². The van der Waals surface area contributed by atoms with Crippen LogP contribution in [0.4, 0.5) is 5.69 Å². The molecule has 0 bridgehead atoms. The van der Waals surface area contributed by atoms with E-state index in [-0.39, 0.29) is 5.91 Å². The van der Waals surface area contributed by atoms with Crippen molar-refractivity contribution in [3.63, 3.8) is 0 Å². The molecule has 1 aliphatic carbocycles. The molecule has 3 heteroatoms. The van der Waals surface area contributed by atoms with Gasteiger partial charge in [0, 0.05) is 11.7 Å². The number of carbonyl (C=O) groups is 1. The molecular formula is C15H22N2O. The van der Waals surface area contributed by atoms with Crippen molar-refractivity contribution >= 4 is 11.6 Å². The van der Waals surface area contributed by atoms with Crippen LogP contribution in [0.2, 0.25) is 0 Å². The molecule has 1 unspecified atom stereocenters. The van der Waals surface area contributed by atoms with Gasteiger partial charge in [0.2, 0.25) is 5.91 Å². The van der Waals surface area contributed by atoms with Crippen molar-refractivity contribution in [3.05, 3.63) is 29.8 Å². The van der Waals surface area contributed by atoms with Crippen LogP contribution in [0.15, 0.2) is 24.3 Å². The number of hydrogen-bond donors (Lipinski definition) is 2. The maximum absolute atomic E-state index is 11.6. The summed E-state index contributed by atoms with van der Waals surface area (Å²) >= 11 is 0. The van der Waals surface area contributed by atoms with Crippen molar-refractivity contribution in [1.29, 1.82) is 0 Å². The largest absolute Gasteiger partial charge is 0.325 e. The monoisotopic (exact) mass is 246 g/mol. The van der Waals surface area contributed by atoms with Gasteiger partial charge in [-0.15, -0.1) is 0 Å². The third-order valence-electron chi connectivity index (χ3n) is 3.50.